The fourth-order valence-corrected chi connectivity index (χ4v) is 3.00. The minimum absolute atomic E-state index is 0.281. The maximum absolute atomic E-state index is 12.4. The number of aliphatic carboxylic acids is 1. The Hall–Kier alpha value is -2.89. The van der Waals surface area contributed by atoms with Crippen molar-refractivity contribution in [1.82, 2.24) is 10.3 Å². The van der Waals surface area contributed by atoms with Gasteiger partial charge in [0.15, 0.2) is 0 Å². The molecule has 6 nitrogen and oxygen atoms in total. The summed E-state index contributed by atoms with van der Waals surface area (Å²) in [5.41, 5.74) is 2.03. The number of fused-ring (bicyclic) bond motifs is 1. The molecule has 1 heterocycles. The predicted octanol–water partition coefficient (Wildman–Crippen LogP) is 2.52. The van der Waals surface area contributed by atoms with Crippen molar-refractivity contribution in [3.05, 3.63) is 59.3 Å². The Morgan fingerprint density at radius 3 is 2.62 bits per heavy atom. The molecule has 1 amide bonds. The van der Waals surface area contributed by atoms with Crippen LogP contribution >= 0.6 is 0 Å². The van der Waals surface area contributed by atoms with Crippen molar-refractivity contribution < 1.29 is 19.4 Å². The van der Waals surface area contributed by atoms with Gasteiger partial charge in [0.05, 0.1) is 24.1 Å². The van der Waals surface area contributed by atoms with Crippen molar-refractivity contribution in [3.8, 4) is 5.88 Å². The SMILES string of the molecule is CCOc1ccc(C(=O)NC2CC(C(=O)O)c3ccccc32)cn1. The Kier molecular flexibility index (Phi) is 4.46. The van der Waals surface area contributed by atoms with Crippen LogP contribution in [0.3, 0.4) is 0 Å². The molecule has 1 aromatic carbocycles. The van der Waals surface area contributed by atoms with Crippen molar-refractivity contribution in [2.45, 2.75) is 25.3 Å². The molecule has 0 radical (unpaired) electrons. The first-order valence-electron chi connectivity index (χ1n) is 7.81. The first-order chi connectivity index (χ1) is 11.6. The number of ether oxygens (including phenoxy) is 1. The van der Waals surface area contributed by atoms with Crippen LogP contribution in [0.25, 0.3) is 0 Å². The van der Waals surface area contributed by atoms with Gasteiger partial charge in [-0.3, -0.25) is 9.59 Å². The summed E-state index contributed by atoms with van der Waals surface area (Å²) < 4.78 is 5.25. The number of aromatic nitrogens is 1. The predicted molar refractivity (Wildman–Crippen MR) is 87.0 cm³/mol. The molecular weight excluding hydrogens is 308 g/mol. The van der Waals surface area contributed by atoms with Crippen molar-refractivity contribution in [2.75, 3.05) is 6.61 Å². The molecule has 1 aliphatic rings. The molecule has 3 rings (SSSR count). The van der Waals surface area contributed by atoms with Crippen LogP contribution in [0.1, 0.15) is 46.8 Å². The zero-order valence-electron chi connectivity index (χ0n) is 13.2. The van der Waals surface area contributed by atoms with Gasteiger partial charge >= 0.3 is 5.97 Å². The van der Waals surface area contributed by atoms with E-state index in [1.54, 1.807) is 18.2 Å². The molecule has 2 N–H and O–H groups in total. The van der Waals surface area contributed by atoms with E-state index in [0.717, 1.165) is 11.1 Å². The lowest BCUT2D eigenvalue weighted by atomic mass is 10.0. The van der Waals surface area contributed by atoms with Crippen molar-refractivity contribution in [3.63, 3.8) is 0 Å². The summed E-state index contributed by atoms with van der Waals surface area (Å²) in [6.07, 6.45) is 1.81. The summed E-state index contributed by atoms with van der Waals surface area (Å²) in [7, 11) is 0. The van der Waals surface area contributed by atoms with E-state index in [1.165, 1.54) is 6.20 Å². The Morgan fingerprint density at radius 2 is 2.00 bits per heavy atom. The monoisotopic (exact) mass is 326 g/mol. The minimum Gasteiger partial charge on any atom is -0.481 e. The number of carbonyl (C=O) groups is 2. The largest absolute Gasteiger partial charge is 0.481 e. The lowest BCUT2D eigenvalue weighted by molar-refractivity contribution is -0.138. The van der Waals surface area contributed by atoms with E-state index in [1.807, 2.05) is 25.1 Å². The van der Waals surface area contributed by atoms with Crippen LogP contribution in [0.2, 0.25) is 0 Å². The summed E-state index contributed by atoms with van der Waals surface area (Å²) >= 11 is 0. The second-order valence-corrected chi connectivity index (χ2v) is 5.60. The van der Waals surface area contributed by atoms with Crippen molar-refractivity contribution in [2.24, 2.45) is 0 Å². The van der Waals surface area contributed by atoms with E-state index in [-0.39, 0.29) is 11.9 Å². The van der Waals surface area contributed by atoms with Crippen LogP contribution in [-0.4, -0.2) is 28.6 Å². The Bertz CT molecular complexity index is 758. The third-order valence-electron chi connectivity index (χ3n) is 4.11. The highest BCUT2D eigenvalue weighted by Gasteiger charge is 2.35. The second-order valence-electron chi connectivity index (χ2n) is 5.60. The molecule has 2 unspecified atom stereocenters. The van der Waals surface area contributed by atoms with Gasteiger partial charge in [-0.25, -0.2) is 4.98 Å². The number of carboxylic acid groups (broad SMARTS) is 1. The third kappa shape index (κ3) is 3.08. The molecule has 1 aliphatic carbocycles. The van der Waals surface area contributed by atoms with Gasteiger partial charge in [-0.1, -0.05) is 24.3 Å². The molecule has 24 heavy (non-hydrogen) atoms. The molecule has 124 valence electrons. The van der Waals surface area contributed by atoms with E-state index in [2.05, 4.69) is 10.3 Å². The fraction of sp³-hybridized carbons (Fsp3) is 0.278. The number of amides is 1. The molecule has 2 atom stereocenters. The molecule has 0 bridgehead atoms. The molecule has 0 saturated heterocycles. The highest BCUT2D eigenvalue weighted by molar-refractivity contribution is 5.94. The smallest absolute Gasteiger partial charge is 0.311 e. The van der Waals surface area contributed by atoms with E-state index < -0.39 is 11.9 Å². The Labute approximate surface area is 139 Å². The number of benzene rings is 1. The summed E-state index contributed by atoms with van der Waals surface area (Å²) in [4.78, 5) is 27.9. The van der Waals surface area contributed by atoms with Gasteiger partial charge in [0, 0.05) is 12.3 Å². The topological polar surface area (TPSA) is 88.5 Å². The molecule has 2 aromatic rings. The molecule has 0 aliphatic heterocycles. The lowest BCUT2D eigenvalue weighted by Gasteiger charge is -2.14. The van der Waals surface area contributed by atoms with E-state index in [0.29, 0.717) is 24.5 Å². The van der Waals surface area contributed by atoms with Gasteiger partial charge in [-0.15, -0.1) is 0 Å². The average molecular weight is 326 g/mol. The standard InChI is InChI=1S/C18H18N2O4/c1-2-24-16-8-7-11(10-19-16)17(21)20-15-9-14(18(22)23)12-5-3-4-6-13(12)15/h3-8,10,14-15H,2,9H2,1H3,(H,20,21)(H,22,23). The second kappa shape index (κ2) is 6.70. The highest BCUT2D eigenvalue weighted by Crippen LogP contribution is 2.40. The number of hydrogen-bond acceptors (Lipinski definition) is 4. The maximum atomic E-state index is 12.4. The maximum Gasteiger partial charge on any atom is 0.311 e. The molecule has 0 spiro atoms. The number of rotatable bonds is 5. The van der Waals surface area contributed by atoms with E-state index in [4.69, 9.17) is 4.74 Å². The third-order valence-corrected chi connectivity index (χ3v) is 4.11. The molecule has 6 heteroatoms. The highest BCUT2D eigenvalue weighted by atomic mass is 16.5. The fourth-order valence-electron chi connectivity index (χ4n) is 3.00. The number of carbonyl (C=O) groups excluding carboxylic acids is 1. The van der Waals surface area contributed by atoms with Crippen molar-refractivity contribution >= 4 is 11.9 Å². The van der Waals surface area contributed by atoms with Crippen LogP contribution in [0.15, 0.2) is 42.6 Å². The van der Waals surface area contributed by atoms with Gasteiger partial charge in [0.1, 0.15) is 0 Å². The number of nitrogens with one attached hydrogen (secondary N) is 1. The summed E-state index contributed by atoms with van der Waals surface area (Å²) in [6.45, 7) is 2.37. The number of pyridine rings is 1. The van der Waals surface area contributed by atoms with Gasteiger partial charge in [-0.05, 0) is 30.5 Å². The zero-order valence-corrected chi connectivity index (χ0v) is 13.2. The summed E-state index contributed by atoms with van der Waals surface area (Å²) in [5, 5.41) is 12.3. The van der Waals surface area contributed by atoms with E-state index in [9.17, 15) is 14.7 Å². The van der Waals surface area contributed by atoms with Crippen LogP contribution in [0.5, 0.6) is 5.88 Å². The molecule has 0 saturated carbocycles. The number of carboxylic acids is 1. The van der Waals surface area contributed by atoms with Crippen LogP contribution in [0.4, 0.5) is 0 Å². The Balaban J connectivity index is 1.76. The van der Waals surface area contributed by atoms with E-state index >= 15 is 0 Å². The van der Waals surface area contributed by atoms with Crippen LogP contribution < -0.4 is 10.1 Å². The van der Waals surface area contributed by atoms with Gasteiger partial charge in [-0.2, -0.15) is 0 Å². The van der Waals surface area contributed by atoms with Gasteiger partial charge < -0.3 is 15.2 Å². The molecule has 0 fully saturated rings. The van der Waals surface area contributed by atoms with Gasteiger partial charge in [0.2, 0.25) is 5.88 Å². The Morgan fingerprint density at radius 1 is 1.25 bits per heavy atom. The summed E-state index contributed by atoms with van der Waals surface area (Å²) in [5.74, 6) is -1.28. The quantitative estimate of drug-likeness (QED) is 0.881. The first kappa shape index (κ1) is 16.0. The summed E-state index contributed by atoms with van der Waals surface area (Å²) in [6, 6.07) is 10.3. The van der Waals surface area contributed by atoms with Crippen LogP contribution in [-0.2, 0) is 4.79 Å². The van der Waals surface area contributed by atoms with Gasteiger partial charge in [0.25, 0.3) is 5.91 Å². The molecule has 1 aromatic heterocycles. The normalized spacial score (nSPS) is 18.7. The minimum atomic E-state index is -0.873. The van der Waals surface area contributed by atoms with Crippen molar-refractivity contribution in [1.29, 1.82) is 0 Å². The lowest BCUT2D eigenvalue weighted by Crippen LogP contribution is -2.27. The van der Waals surface area contributed by atoms with Crippen LogP contribution in [0, 0.1) is 0 Å². The average Bonchev–Trinajstić information content (AvgIpc) is 2.95. The number of hydrogen-bond donors (Lipinski definition) is 2. The number of nitrogens with zero attached hydrogens (tertiary/aromatic N) is 1. The first-order valence-corrected chi connectivity index (χ1v) is 7.81. The molecular formula is C18H18N2O4. The zero-order chi connectivity index (χ0) is 17.1.